The van der Waals surface area contributed by atoms with Crippen molar-refractivity contribution in [3.05, 3.63) is 72.6 Å². The van der Waals surface area contributed by atoms with Crippen molar-refractivity contribution in [2.75, 3.05) is 32.9 Å². The van der Waals surface area contributed by atoms with Crippen LogP contribution in [0.1, 0.15) is 17.3 Å². The van der Waals surface area contributed by atoms with Crippen molar-refractivity contribution < 1.29 is 14.3 Å². The second-order valence-corrected chi connectivity index (χ2v) is 7.74. The summed E-state index contributed by atoms with van der Waals surface area (Å²) in [5.74, 6) is 0.886. The second kappa shape index (κ2) is 8.85. The number of H-pyrrole nitrogens is 1. The number of pyridine rings is 1. The van der Waals surface area contributed by atoms with Crippen molar-refractivity contribution in [3.8, 4) is 28.0 Å². The molecule has 1 amide bonds. The number of fused-ring (bicyclic) bond motifs is 1. The Morgan fingerprint density at radius 2 is 1.91 bits per heavy atom. The monoisotopic (exact) mass is 427 g/mol. The number of aromatic amines is 1. The van der Waals surface area contributed by atoms with Crippen LogP contribution in [-0.4, -0.2) is 53.7 Å². The average molecular weight is 428 g/mol. The van der Waals surface area contributed by atoms with E-state index >= 15 is 0 Å². The number of nitrogens with one attached hydrogen (secondary N) is 1. The van der Waals surface area contributed by atoms with Crippen LogP contribution in [0.3, 0.4) is 0 Å². The van der Waals surface area contributed by atoms with Gasteiger partial charge in [-0.3, -0.25) is 4.79 Å². The van der Waals surface area contributed by atoms with Crippen LogP contribution < -0.4 is 4.74 Å². The fourth-order valence-electron chi connectivity index (χ4n) is 4.14. The van der Waals surface area contributed by atoms with Gasteiger partial charge in [0.25, 0.3) is 5.91 Å². The van der Waals surface area contributed by atoms with E-state index < -0.39 is 0 Å². The molecule has 1 aliphatic heterocycles. The number of carbonyl (C=O) groups is 1. The highest BCUT2D eigenvalue weighted by molar-refractivity contribution is 5.98. The molecule has 6 nitrogen and oxygen atoms in total. The summed E-state index contributed by atoms with van der Waals surface area (Å²) < 4.78 is 11.2. The molecule has 5 rings (SSSR count). The van der Waals surface area contributed by atoms with Crippen molar-refractivity contribution in [1.29, 1.82) is 0 Å². The fraction of sp³-hybridized carbons (Fsp3) is 0.231. The molecule has 4 aromatic rings. The number of ether oxygens (including phenoxy) is 2. The minimum atomic E-state index is 0.0390. The van der Waals surface area contributed by atoms with Crippen LogP contribution in [0.5, 0.6) is 5.75 Å². The van der Waals surface area contributed by atoms with E-state index in [4.69, 9.17) is 9.47 Å². The normalized spacial score (nSPS) is 14.0. The summed E-state index contributed by atoms with van der Waals surface area (Å²) in [6.07, 6.45) is 3.81. The van der Waals surface area contributed by atoms with Gasteiger partial charge in [0, 0.05) is 53.1 Å². The summed E-state index contributed by atoms with van der Waals surface area (Å²) in [5.41, 5.74) is 5.48. The molecule has 2 aromatic carbocycles. The Morgan fingerprint density at radius 1 is 1.06 bits per heavy atom. The molecule has 1 N–H and O–H groups in total. The number of aromatic nitrogens is 2. The number of morpholine rings is 1. The van der Waals surface area contributed by atoms with Crippen LogP contribution in [0.25, 0.3) is 33.3 Å². The first-order valence-corrected chi connectivity index (χ1v) is 10.9. The van der Waals surface area contributed by atoms with Gasteiger partial charge in [0.1, 0.15) is 11.4 Å². The molecular formula is C26H25N3O3. The molecular weight excluding hydrogens is 402 g/mol. The predicted octanol–water partition coefficient (Wildman–Crippen LogP) is 4.77. The Hall–Kier alpha value is -3.64. The molecule has 162 valence electrons. The molecule has 2 aromatic heterocycles. The topological polar surface area (TPSA) is 67.5 Å². The molecule has 0 spiro atoms. The Kier molecular flexibility index (Phi) is 5.60. The maximum Gasteiger partial charge on any atom is 0.254 e. The van der Waals surface area contributed by atoms with Crippen molar-refractivity contribution >= 4 is 16.9 Å². The van der Waals surface area contributed by atoms with E-state index in [1.54, 1.807) is 0 Å². The van der Waals surface area contributed by atoms with Crippen molar-refractivity contribution in [2.45, 2.75) is 6.92 Å². The van der Waals surface area contributed by atoms with E-state index in [0.29, 0.717) is 38.5 Å². The second-order valence-electron chi connectivity index (χ2n) is 7.74. The van der Waals surface area contributed by atoms with E-state index in [1.165, 1.54) is 0 Å². The minimum Gasteiger partial charge on any atom is -0.493 e. The van der Waals surface area contributed by atoms with Crippen molar-refractivity contribution in [2.24, 2.45) is 0 Å². The summed E-state index contributed by atoms with van der Waals surface area (Å²) >= 11 is 0. The van der Waals surface area contributed by atoms with Crippen molar-refractivity contribution in [1.82, 2.24) is 14.9 Å². The first-order chi connectivity index (χ1) is 15.7. The lowest BCUT2D eigenvalue weighted by atomic mass is 10.0. The first-order valence-electron chi connectivity index (χ1n) is 10.9. The number of nitrogens with zero attached hydrogens (tertiary/aromatic N) is 2. The van der Waals surface area contributed by atoms with Crippen LogP contribution in [0.15, 0.2) is 67.0 Å². The number of hydrogen-bond acceptors (Lipinski definition) is 4. The van der Waals surface area contributed by atoms with E-state index in [-0.39, 0.29) is 5.91 Å². The highest BCUT2D eigenvalue weighted by Crippen LogP contribution is 2.36. The summed E-state index contributed by atoms with van der Waals surface area (Å²) in [6.45, 7) is 5.02. The van der Waals surface area contributed by atoms with Crippen LogP contribution in [0, 0.1) is 0 Å². The molecule has 0 bridgehead atoms. The molecule has 1 saturated heterocycles. The highest BCUT2D eigenvalue weighted by atomic mass is 16.5. The predicted molar refractivity (Wildman–Crippen MR) is 125 cm³/mol. The number of hydrogen-bond donors (Lipinski definition) is 1. The largest absolute Gasteiger partial charge is 0.493 e. The number of para-hydroxylation sites is 1. The molecule has 0 saturated carbocycles. The lowest BCUT2D eigenvalue weighted by Crippen LogP contribution is -2.40. The van der Waals surface area contributed by atoms with Gasteiger partial charge in [-0.2, -0.15) is 0 Å². The number of amides is 1. The van der Waals surface area contributed by atoms with E-state index in [1.807, 2.05) is 66.7 Å². The number of benzene rings is 2. The summed E-state index contributed by atoms with van der Waals surface area (Å²) in [6, 6.07) is 17.9. The van der Waals surface area contributed by atoms with Crippen molar-refractivity contribution in [3.63, 3.8) is 0 Å². The quantitative estimate of drug-likeness (QED) is 0.498. The van der Waals surface area contributed by atoms with E-state index in [2.05, 4.69) is 22.1 Å². The number of rotatable bonds is 5. The molecule has 1 aliphatic rings. The van der Waals surface area contributed by atoms with Gasteiger partial charge in [0.2, 0.25) is 0 Å². The minimum absolute atomic E-state index is 0.0390. The van der Waals surface area contributed by atoms with Gasteiger partial charge in [-0.05, 0) is 36.8 Å². The fourth-order valence-corrected chi connectivity index (χ4v) is 4.14. The third-order valence-electron chi connectivity index (χ3n) is 5.75. The van der Waals surface area contributed by atoms with Crippen LogP contribution in [-0.2, 0) is 4.74 Å². The molecule has 0 aliphatic carbocycles. The third-order valence-corrected chi connectivity index (χ3v) is 5.75. The molecule has 6 heteroatoms. The lowest BCUT2D eigenvalue weighted by molar-refractivity contribution is 0.0303. The molecule has 0 radical (unpaired) electrons. The average Bonchev–Trinajstić information content (AvgIpc) is 3.28. The molecule has 32 heavy (non-hydrogen) atoms. The Labute approximate surface area is 186 Å². The highest BCUT2D eigenvalue weighted by Gasteiger charge is 2.19. The van der Waals surface area contributed by atoms with Crippen LogP contribution in [0.2, 0.25) is 0 Å². The Morgan fingerprint density at radius 3 is 2.75 bits per heavy atom. The third kappa shape index (κ3) is 3.85. The van der Waals surface area contributed by atoms with Crippen LogP contribution in [0.4, 0.5) is 0 Å². The van der Waals surface area contributed by atoms with Gasteiger partial charge in [-0.15, -0.1) is 0 Å². The smallest absolute Gasteiger partial charge is 0.254 e. The van der Waals surface area contributed by atoms with Gasteiger partial charge in [0.15, 0.2) is 0 Å². The van der Waals surface area contributed by atoms with Crippen LogP contribution >= 0.6 is 0 Å². The van der Waals surface area contributed by atoms with Gasteiger partial charge >= 0.3 is 0 Å². The summed E-state index contributed by atoms with van der Waals surface area (Å²) in [7, 11) is 0. The maximum absolute atomic E-state index is 12.9. The Bertz CT molecular complexity index is 1260. The van der Waals surface area contributed by atoms with E-state index in [0.717, 1.165) is 39.0 Å². The molecule has 0 atom stereocenters. The zero-order chi connectivity index (χ0) is 21.9. The van der Waals surface area contributed by atoms with Gasteiger partial charge in [-0.1, -0.05) is 30.3 Å². The number of carbonyl (C=O) groups excluding carboxylic acids is 1. The first kappa shape index (κ1) is 20.3. The summed E-state index contributed by atoms with van der Waals surface area (Å²) in [4.78, 5) is 22.7. The molecule has 3 heterocycles. The van der Waals surface area contributed by atoms with Gasteiger partial charge in [0.05, 0.1) is 19.8 Å². The lowest BCUT2D eigenvalue weighted by Gasteiger charge is -2.27. The standard InChI is InChI=1S/C26H25N3O3/c1-2-32-24-9-4-3-8-21(24)23-17-28-25-22(23)15-20(16-27-25)18-6-5-7-19(14-18)26(30)29-10-12-31-13-11-29/h3-9,14-17H,2,10-13H2,1H3,(H,27,28). The molecule has 0 unspecified atom stereocenters. The summed E-state index contributed by atoms with van der Waals surface area (Å²) in [5, 5.41) is 1.01. The zero-order valence-corrected chi connectivity index (χ0v) is 18.0. The van der Waals surface area contributed by atoms with Gasteiger partial charge < -0.3 is 19.4 Å². The zero-order valence-electron chi connectivity index (χ0n) is 18.0. The SMILES string of the molecule is CCOc1ccccc1-c1c[nH]c2ncc(-c3cccc(C(=O)N4CCOCC4)c3)cc12. The maximum atomic E-state index is 12.9. The molecule has 1 fully saturated rings. The van der Waals surface area contributed by atoms with Gasteiger partial charge in [-0.25, -0.2) is 4.98 Å². The van der Waals surface area contributed by atoms with E-state index in [9.17, 15) is 4.79 Å². The Balaban J connectivity index is 1.52.